The Hall–Kier alpha value is -1.31. The highest BCUT2D eigenvalue weighted by atomic mass is 16.5. The van der Waals surface area contributed by atoms with Gasteiger partial charge in [-0.15, -0.1) is 0 Å². The molecular formula is C32H58O2. The van der Waals surface area contributed by atoms with Crippen molar-refractivity contribution >= 4 is 5.97 Å². The summed E-state index contributed by atoms with van der Waals surface area (Å²) in [7, 11) is 0. The Morgan fingerprint density at radius 3 is 1.88 bits per heavy atom. The Morgan fingerprint density at radius 1 is 0.706 bits per heavy atom. The van der Waals surface area contributed by atoms with Crippen LogP contribution in [0.2, 0.25) is 0 Å². The fourth-order valence-corrected chi connectivity index (χ4v) is 3.90. The molecule has 2 heteroatoms. The van der Waals surface area contributed by atoms with Crippen molar-refractivity contribution in [2.75, 3.05) is 6.61 Å². The van der Waals surface area contributed by atoms with Gasteiger partial charge in [-0.3, -0.25) is 4.79 Å². The zero-order chi connectivity index (χ0) is 25.7. The molecule has 0 atom stereocenters. The minimum Gasteiger partial charge on any atom is -0.461 e. The lowest BCUT2D eigenvalue weighted by molar-refractivity contribution is -0.142. The van der Waals surface area contributed by atoms with Crippen molar-refractivity contribution in [3.8, 4) is 0 Å². The first-order chi connectivity index (χ1) is 16.0. The predicted molar refractivity (Wildman–Crippen MR) is 151 cm³/mol. The third-order valence-corrected chi connectivity index (χ3v) is 5.83. The minimum absolute atomic E-state index is 0.0405. The van der Waals surface area contributed by atoms with Crippen LogP contribution >= 0.6 is 0 Å². The van der Waals surface area contributed by atoms with Crippen LogP contribution in [-0.4, -0.2) is 12.6 Å². The summed E-state index contributed by atoms with van der Waals surface area (Å²) in [6, 6.07) is 0. The highest BCUT2D eigenvalue weighted by Gasteiger charge is 2.15. The van der Waals surface area contributed by atoms with Gasteiger partial charge in [0.2, 0.25) is 0 Å². The second-order valence-corrected chi connectivity index (χ2v) is 12.3. The molecule has 0 bridgehead atoms. The van der Waals surface area contributed by atoms with Crippen LogP contribution in [0.1, 0.15) is 145 Å². The first-order valence-corrected chi connectivity index (χ1v) is 14.2. The second kappa shape index (κ2) is 19.9. The average molecular weight is 475 g/mol. The van der Waals surface area contributed by atoms with Gasteiger partial charge in [0, 0.05) is 6.42 Å². The van der Waals surface area contributed by atoms with Crippen LogP contribution < -0.4 is 0 Å². The number of carbonyl (C=O) groups excluding carboxylic acids is 1. The highest BCUT2D eigenvalue weighted by molar-refractivity contribution is 5.69. The molecule has 2 nitrogen and oxygen atoms in total. The van der Waals surface area contributed by atoms with Crippen LogP contribution in [0.3, 0.4) is 0 Å². The molecule has 0 heterocycles. The third kappa shape index (κ3) is 25.3. The van der Waals surface area contributed by atoms with Gasteiger partial charge in [-0.1, -0.05) is 111 Å². The first kappa shape index (κ1) is 32.7. The van der Waals surface area contributed by atoms with Gasteiger partial charge in [0.1, 0.15) is 6.61 Å². The van der Waals surface area contributed by atoms with Crippen molar-refractivity contribution < 1.29 is 9.53 Å². The standard InChI is InChI=1S/C32H58O2/c1-8-9-10-11-12-13-14-15-16-17-18-19-20-21-22-25-30(33)34-28-29(27-32(5,6)7)24-23-26-31(2,3)4/h12-13,15-16,24H,8-11,14,17-23,25-28H2,1-7H3. The molecule has 0 amide bonds. The molecule has 0 aromatic heterocycles. The van der Waals surface area contributed by atoms with Crippen molar-refractivity contribution in [3.05, 3.63) is 36.0 Å². The maximum Gasteiger partial charge on any atom is 0.306 e. The fraction of sp³-hybridized carbons (Fsp3) is 0.781. The Balaban J connectivity index is 3.89. The van der Waals surface area contributed by atoms with Gasteiger partial charge in [-0.05, 0) is 74.2 Å². The van der Waals surface area contributed by atoms with Crippen LogP contribution in [0.15, 0.2) is 36.0 Å². The molecule has 0 aliphatic carbocycles. The van der Waals surface area contributed by atoms with Crippen LogP contribution in [0.5, 0.6) is 0 Å². The summed E-state index contributed by atoms with van der Waals surface area (Å²) in [5, 5.41) is 0. The van der Waals surface area contributed by atoms with E-state index in [4.69, 9.17) is 4.74 Å². The van der Waals surface area contributed by atoms with E-state index in [2.05, 4.69) is 78.8 Å². The van der Waals surface area contributed by atoms with Crippen molar-refractivity contribution in [3.63, 3.8) is 0 Å². The van der Waals surface area contributed by atoms with Crippen LogP contribution in [0.25, 0.3) is 0 Å². The maximum atomic E-state index is 12.2. The topological polar surface area (TPSA) is 26.3 Å². The van der Waals surface area contributed by atoms with E-state index in [0.29, 0.717) is 18.4 Å². The number of esters is 1. The molecule has 0 unspecified atom stereocenters. The monoisotopic (exact) mass is 474 g/mol. The Bertz CT molecular complexity index is 581. The summed E-state index contributed by atoms with van der Waals surface area (Å²) in [5.41, 5.74) is 1.81. The predicted octanol–water partition coefficient (Wildman–Crippen LogP) is 10.5. The lowest BCUT2D eigenvalue weighted by Crippen LogP contribution is -2.13. The van der Waals surface area contributed by atoms with Gasteiger partial charge in [0.25, 0.3) is 0 Å². The van der Waals surface area contributed by atoms with E-state index in [9.17, 15) is 4.79 Å². The lowest BCUT2D eigenvalue weighted by atomic mass is 9.86. The Morgan fingerprint density at radius 2 is 1.29 bits per heavy atom. The van der Waals surface area contributed by atoms with Crippen LogP contribution in [-0.2, 0) is 9.53 Å². The number of carbonyl (C=O) groups is 1. The van der Waals surface area contributed by atoms with E-state index in [1.807, 2.05) is 0 Å². The van der Waals surface area contributed by atoms with E-state index < -0.39 is 0 Å². The Kier molecular flexibility index (Phi) is 19.2. The molecule has 0 saturated carbocycles. The quantitative estimate of drug-likeness (QED) is 0.106. The van der Waals surface area contributed by atoms with Crippen molar-refractivity contribution in [1.29, 1.82) is 0 Å². The SMILES string of the molecule is CCCCCC=CCC=CCCCCCCCC(=O)OCC(=CCCC(C)(C)C)CC(C)(C)C. The summed E-state index contributed by atoms with van der Waals surface area (Å²) in [6.45, 7) is 16.3. The number of rotatable bonds is 19. The largest absolute Gasteiger partial charge is 0.461 e. The summed E-state index contributed by atoms with van der Waals surface area (Å²) in [4.78, 5) is 12.2. The van der Waals surface area contributed by atoms with Crippen LogP contribution in [0.4, 0.5) is 0 Å². The number of hydrogen-bond donors (Lipinski definition) is 0. The minimum atomic E-state index is -0.0405. The van der Waals surface area contributed by atoms with E-state index in [0.717, 1.165) is 38.5 Å². The van der Waals surface area contributed by atoms with Gasteiger partial charge in [0.05, 0.1) is 0 Å². The zero-order valence-corrected chi connectivity index (χ0v) is 24.0. The summed E-state index contributed by atoms with van der Waals surface area (Å²) < 4.78 is 5.63. The van der Waals surface area contributed by atoms with Gasteiger partial charge in [0.15, 0.2) is 0 Å². The fourth-order valence-electron chi connectivity index (χ4n) is 3.90. The van der Waals surface area contributed by atoms with Gasteiger partial charge in [-0.2, -0.15) is 0 Å². The van der Waals surface area contributed by atoms with E-state index >= 15 is 0 Å². The Labute approximate surface area is 213 Å². The summed E-state index contributed by atoms with van der Waals surface area (Å²) >= 11 is 0. The molecule has 0 rings (SSSR count). The second-order valence-electron chi connectivity index (χ2n) is 12.3. The van der Waals surface area contributed by atoms with Crippen molar-refractivity contribution in [2.45, 2.75) is 145 Å². The molecule has 0 N–H and O–H groups in total. The maximum absolute atomic E-state index is 12.2. The van der Waals surface area contributed by atoms with E-state index in [1.54, 1.807) is 0 Å². The van der Waals surface area contributed by atoms with Crippen molar-refractivity contribution in [2.24, 2.45) is 10.8 Å². The third-order valence-electron chi connectivity index (χ3n) is 5.83. The van der Waals surface area contributed by atoms with Crippen molar-refractivity contribution in [1.82, 2.24) is 0 Å². The number of ether oxygens (including phenoxy) is 1. The smallest absolute Gasteiger partial charge is 0.306 e. The molecule has 0 fully saturated rings. The number of unbranched alkanes of at least 4 members (excludes halogenated alkanes) is 8. The highest BCUT2D eigenvalue weighted by Crippen LogP contribution is 2.27. The molecule has 0 aromatic rings. The molecule has 0 aliphatic heterocycles. The van der Waals surface area contributed by atoms with Gasteiger partial charge < -0.3 is 4.74 Å². The molecule has 0 aromatic carbocycles. The van der Waals surface area contributed by atoms with E-state index in [-0.39, 0.29) is 11.4 Å². The van der Waals surface area contributed by atoms with Gasteiger partial charge >= 0.3 is 5.97 Å². The summed E-state index contributed by atoms with van der Waals surface area (Å²) in [6.07, 6.45) is 28.5. The first-order valence-electron chi connectivity index (χ1n) is 14.2. The summed E-state index contributed by atoms with van der Waals surface area (Å²) in [5.74, 6) is -0.0405. The molecule has 0 radical (unpaired) electrons. The average Bonchev–Trinajstić information content (AvgIpc) is 2.72. The normalized spacial score (nSPS) is 13.3. The lowest BCUT2D eigenvalue weighted by Gasteiger charge is -2.21. The molecular weight excluding hydrogens is 416 g/mol. The molecule has 34 heavy (non-hydrogen) atoms. The number of allylic oxidation sites excluding steroid dienone is 5. The zero-order valence-electron chi connectivity index (χ0n) is 24.0. The number of hydrogen-bond acceptors (Lipinski definition) is 2. The van der Waals surface area contributed by atoms with E-state index in [1.165, 1.54) is 56.9 Å². The molecule has 198 valence electrons. The molecule has 0 spiro atoms. The van der Waals surface area contributed by atoms with Crippen LogP contribution in [0, 0.1) is 10.8 Å². The molecule has 0 saturated heterocycles. The molecule has 0 aliphatic rings. The van der Waals surface area contributed by atoms with Gasteiger partial charge in [-0.25, -0.2) is 0 Å².